The normalized spacial score (nSPS) is 14.5. The summed E-state index contributed by atoms with van der Waals surface area (Å²) in [5.74, 6) is -0.280. The number of hydrogen-bond donors (Lipinski definition) is 0. The zero-order chi connectivity index (χ0) is 29.3. The average Bonchev–Trinajstić information content (AvgIpc) is 3.49. The molecule has 212 valence electrons. The molecule has 0 radical (unpaired) electrons. The van der Waals surface area contributed by atoms with E-state index in [0.29, 0.717) is 35.5 Å². The summed E-state index contributed by atoms with van der Waals surface area (Å²) in [5.41, 5.74) is 2.81. The van der Waals surface area contributed by atoms with E-state index in [2.05, 4.69) is 9.88 Å². The molecule has 2 aromatic heterocycles. The van der Waals surface area contributed by atoms with Crippen LogP contribution in [0.5, 0.6) is 0 Å². The van der Waals surface area contributed by atoms with Gasteiger partial charge in [0.15, 0.2) is 5.78 Å². The summed E-state index contributed by atoms with van der Waals surface area (Å²) in [5, 5.41) is 13.3. The summed E-state index contributed by atoms with van der Waals surface area (Å²) >= 11 is 12.4. The Morgan fingerprint density at radius 2 is 1.80 bits per heavy atom. The van der Waals surface area contributed by atoms with Gasteiger partial charge in [-0.2, -0.15) is 0 Å². The maximum atomic E-state index is 13.3. The number of benzene rings is 2. The van der Waals surface area contributed by atoms with Crippen molar-refractivity contribution in [3.63, 3.8) is 0 Å². The molecule has 12 heteroatoms. The number of carbonyl (C=O) groups is 2. The van der Waals surface area contributed by atoms with Crippen molar-refractivity contribution in [2.24, 2.45) is 0 Å². The maximum absolute atomic E-state index is 13.3. The zero-order valence-corrected chi connectivity index (χ0v) is 24.1. The summed E-state index contributed by atoms with van der Waals surface area (Å²) in [7, 11) is 0. The van der Waals surface area contributed by atoms with Gasteiger partial charge in [-0.1, -0.05) is 47.5 Å². The van der Waals surface area contributed by atoms with Crippen LogP contribution in [0, 0.1) is 17.0 Å². The summed E-state index contributed by atoms with van der Waals surface area (Å²) in [6.45, 7) is 6.49. The van der Waals surface area contributed by atoms with Gasteiger partial charge < -0.3 is 19.6 Å². The fraction of sp³-hybridized carbons (Fsp3) is 0.276. The molecule has 0 unspecified atom stereocenters. The summed E-state index contributed by atoms with van der Waals surface area (Å²) in [6.07, 6.45) is 4.77. The molecule has 0 N–H and O–H groups in total. The second-order valence-corrected chi connectivity index (χ2v) is 10.8. The van der Waals surface area contributed by atoms with Crippen LogP contribution in [0.4, 0.5) is 5.82 Å². The number of amides is 1. The van der Waals surface area contributed by atoms with Crippen LogP contribution in [0.3, 0.4) is 0 Å². The molecular weight excluding hydrogens is 567 g/mol. The first-order chi connectivity index (χ1) is 19.6. The van der Waals surface area contributed by atoms with Crippen LogP contribution in [0.1, 0.15) is 23.9 Å². The van der Waals surface area contributed by atoms with Gasteiger partial charge >= 0.3 is 5.82 Å². The highest BCUT2D eigenvalue weighted by molar-refractivity contribution is 6.35. The van der Waals surface area contributed by atoms with E-state index in [1.807, 2.05) is 52.1 Å². The Balaban J connectivity index is 1.34. The lowest BCUT2D eigenvalue weighted by atomic mass is 10.1. The number of allylic oxidation sites excluding steroid dienone is 1. The predicted molar refractivity (Wildman–Crippen MR) is 159 cm³/mol. The number of ketones is 1. The number of para-hydroxylation sites is 1. The fourth-order valence-electron chi connectivity index (χ4n) is 5.09. The van der Waals surface area contributed by atoms with Crippen LogP contribution in [0.2, 0.25) is 10.0 Å². The lowest BCUT2D eigenvalue weighted by molar-refractivity contribution is -0.389. The SMILES string of the molecule is CC(=O)/C(=C/c1cn(CC(=O)N2CCN(Cc3ccc(Cl)cc3Cl)CC2)c2ccccc12)n1cc([N+](=O)[O-])nc1C. The Morgan fingerprint density at radius 1 is 1.07 bits per heavy atom. The minimum atomic E-state index is -0.592. The fourth-order valence-corrected chi connectivity index (χ4v) is 5.56. The average molecular weight is 595 g/mol. The van der Waals surface area contributed by atoms with Gasteiger partial charge in [-0.25, -0.2) is 0 Å². The first kappa shape index (κ1) is 28.5. The molecule has 1 aliphatic heterocycles. The number of Topliss-reactive ketones (excluding diaryl/α,β-unsaturated/α-hetero) is 1. The number of fused-ring (bicyclic) bond motifs is 1. The summed E-state index contributed by atoms with van der Waals surface area (Å²) in [4.78, 5) is 44.7. The molecule has 4 aromatic rings. The zero-order valence-electron chi connectivity index (χ0n) is 22.6. The monoisotopic (exact) mass is 594 g/mol. The van der Waals surface area contributed by atoms with Gasteiger partial charge in [-0.3, -0.25) is 19.1 Å². The van der Waals surface area contributed by atoms with E-state index in [0.717, 1.165) is 35.1 Å². The Bertz CT molecular complexity index is 1680. The van der Waals surface area contributed by atoms with Crippen molar-refractivity contribution in [3.05, 3.63) is 92.0 Å². The highest BCUT2D eigenvalue weighted by Crippen LogP contribution is 2.27. The van der Waals surface area contributed by atoms with Gasteiger partial charge in [0.2, 0.25) is 11.7 Å². The quantitative estimate of drug-likeness (QED) is 0.156. The van der Waals surface area contributed by atoms with Crippen LogP contribution in [-0.2, 0) is 22.7 Å². The molecule has 1 fully saturated rings. The molecule has 0 bridgehead atoms. The minimum absolute atomic E-state index is 0.00155. The first-order valence-electron chi connectivity index (χ1n) is 13.1. The lowest BCUT2D eigenvalue weighted by Gasteiger charge is -2.35. The first-order valence-corrected chi connectivity index (χ1v) is 13.8. The third-order valence-corrected chi connectivity index (χ3v) is 7.82. The highest BCUT2D eigenvalue weighted by Gasteiger charge is 2.24. The molecular formula is C29H28Cl2N6O4. The molecule has 2 aromatic carbocycles. The molecule has 0 atom stereocenters. The molecule has 1 saturated heterocycles. The van der Waals surface area contributed by atoms with Gasteiger partial charge in [-0.05, 0) is 39.7 Å². The van der Waals surface area contributed by atoms with Crippen molar-refractivity contribution in [2.45, 2.75) is 26.9 Å². The smallest absolute Gasteiger partial charge is 0.358 e. The molecule has 0 saturated carbocycles. The number of aryl methyl sites for hydroxylation is 1. The van der Waals surface area contributed by atoms with E-state index >= 15 is 0 Å². The number of imidazole rings is 1. The second kappa shape index (κ2) is 11.9. The van der Waals surface area contributed by atoms with Gasteiger partial charge in [0.05, 0.1) is 5.70 Å². The van der Waals surface area contributed by atoms with E-state index in [1.54, 1.807) is 19.1 Å². The number of nitro groups is 1. The molecule has 1 aliphatic rings. The van der Waals surface area contributed by atoms with Crippen molar-refractivity contribution >= 4 is 63.4 Å². The summed E-state index contributed by atoms with van der Waals surface area (Å²) in [6, 6.07) is 13.1. The van der Waals surface area contributed by atoms with Crippen LogP contribution < -0.4 is 0 Å². The van der Waals surface area contributed by atoms with E-state index in [1.165, 1.54) is 17.7 Å². The Labute approximate surface area is 246 Å². The second-order valence-electron chi connectivity index (χ2n) is 9.98. The summed E-state index contributed by atoms with van der Waals surface area (Å²) < 4.78 is 3.30. The lowest BCUT2D eigenvalue weighted by Crippen LogP contribution is -2.49. The number of aromatic nitrogens is 3. The van der Waals surface area contributed by atoms with Gasteiger partial charge in [0.25, 0.3) is 0 Å². The number of halogens is 2. The molecule has 1 amide bonds. The Kier molecular flexibility index (Phi) is 8.25. The predicted octanol–water partition coefficient (Wildman–Crippen LogP) is 5.29. The Morgan fingerprint density at radius 3 is 2.46 bits per heavy atom. The van der Waals surface area contributed by atoms with E-state index in [4.69, 9.17) is 23.2 Å². The molecule has 5 rings (SSSR count). The van der Waals surface area contributed by atoms with E-state index in [-0.39, 0.29) is 29.8 Å². The standard InChI is InChI=1S/C29H28Cl2N6O4/c1-19(38)27(36-17-28(37(40)41)32-20(36)2)13-22-16-35(26-6-4-3-5-24(22)26)18-29(39)34-11-9-33(10-12-34)15-21-7-8-23(30)14-25(21)31/h3-8,13-14,16-17H,9-12,15,18H2,1-2H3/b27-13-. The van der Waals surface area contributed by atoms with Crippen molar-refractivity contribution in [1.82, 2.24) is 23.9 Å². The van der Waals surface area contributed by atoms with Crippen LogP contribution in [-0.4, -0.2) is 66.7 Å². The van der Waals surface area contributed by atoms with E-state index < -0.39 is 4.92 Å². The molecule has 0 aliphatic carbocycles. The third-order valence-electron chi connectivity index (χ3n) is 7.23. The minimum Gasteiger partial charge on any atom is -0.358 e. The van der Waals surface area contributed by atoms with Crippen LogP contribution >= 0.6 is 23.2 Å². The Hall–Kier alpha value is -3.99. The third kappa shape index (κ3) is 6.19. The highest BCUT2D eigenvalue weighted by atomic mass is 35.5. The number of nitrogens with zero attached hydrogens (tertiary/aromatic N) is 6. The number of carbonyl (C=O) groups excluding carboxylic acids is 2. The largest absolute Gasteiger partial charge is 0.382 e. The van der Waals surface area contributed by atoms with Gasteiger partial charge in [0, 0.05) is 79.3 Å². The van der Waals surface area contributed by atoms with Crippen molar-refractivity contribution in [2.75, 3.05) is 26.2 Å². The number of piperazine rings is 1. The maximum Gasteiger partial charge on any atom is 0.382 e. The molecule has 41 heavy (non-hydrogen) atoms. The number of rotatable bonds is 8. The van der Waals surface area contributed by atoms with E-state index in [9.17, 15) is 19.7 Å². The molecule has 0 spiro atoms. The molecule has 10 nitrogen and oxygen atoms in total. The van der Waals surface area contributed by atoms with Gasteiger partial charge in [0.1, 0.15) is 12.7 Å². The molecule has 3 heterocycles. The van der Waals surface area contributed by atoms with Crippen molar-refractivity contribution in [3.8, 4) is 0 Å². The van der Waals surface area contributed by atoms with Gasteiger partial charge in [-0.15, -0.1) is 0 Å². The van der Waals surface area contributed by atoms with Crippen LogP contribution in [0.15, 0.2) is 54.9 Å². The van der Waals surface area contributed by atoms with Crippen LogP contribution in [0.25, 0.3) is 22.7 Å². The van der Waals surface area contributed by atoms with Crippen molar-refractivity contribution < 1.29 is 14.5 Å². The van der Waals surface area contributed by atoms with Crippen molar-refractivity contribution in [1.29, 1.82) is 0 Å². The number of hydrogen-bond acceptors (Lipinski definition) is 6. The topological polar surface area (TPSA) is 107 Å².